The second-order valence-electron chi connectivity index (χ2n) is 4.61. The van der Waals surface area contributed by atoms with Gasteiger partial charge in [-0.1, -0.05) is 31.4 Å². The van der Waals surface area contributed by atoms with Gasteiger partial charge >= 0.3 is 0 Å². The van der Waals surface area contributed by atoms with E-state index >= 15 is 0 Å². The maximum absolute atomic E-state index is 12.0. The lowest BCUT2D eigenvalue weighted by Crippen LogP contribution is -2.25. The highest BCUT2D eigenvalue weighted by molar-refractivity contribution is 7.89. The van der Waals surface area contributed by atoms with Crippen molar-refractivity contribution in [2.75, 3.05) is 6.54 Å². The van der Waals surface area contributed by atoms with Gasteiger partial charge in [-0.15, -0.1) is 0 Å². The normalized spacial score (nSPS) is 11.4. The Morgan fingerprint density at radius 3 is 2.55 bits per heavy atom. The maximum atomic E-state index is 12.0. The van der Waals surface area contributed by atoms with Crippen molar-refractivity contribution in [3.63, 3.8) is 0 Å². The molecular formula is C13H19ClN2O3S. The van der Waals surface area contributed by atoms with Gasteiger partial charge in [0.2, 0.25) is 10.0 Å². The minimum absolute atomic E-state index is 0.0510. The van der Waals surface area contributed by atoms with Crippen LogP contribution in [0.15, 0.2) is 17.0 Å². The van der Waals surface area contributed by atoms with E-state index in [1.54, 1.807) is 13.0 Å². The summed E-state index contributed by atoms with van der Waals surface area (Å²) in [6.07, 6.45) is 2.98. The number of aryl methyl sites for hydroxylation is 1. The molecule has 0 aliphatic rings. The average Bonchev–Trinajstić information content (AvgIpc) is 2.36. The summed E-state index contributed by atoms with van der Waals surface area (Å²) in [5.74, 6) is -0.328. The van der Waals surface area contributed by atoms with Gasteiger partial charge in [0.1, 0.15) is 4.90 Å². The molecule has 0 unspecified atom stereocenters. The molecule has 0 aliphatic carbocycles. The fraction of sp³-hybridized carbons (Fsp3) is 0.462. The zero-order chi connectivity index (χ0) is 15.3. The number of nitrogens with two attached hydrogens (primary N) is 1. The Bertz CT molecular complexity index is 600. The molecule has 7 heteroatoms. The highest BCUT2D eigenvalue weighted by Gasteiger charge is 2.18. The molecule has 0 saturated carbocycles. The molecule has 1 aromatic carbocycles. The van der Waals surface area contributed by atoms with Crippen LogP contribution in [0.2, 0.25) is 5.02 Å². The van der Waals surface area contributed by atoms with Crippen molar-refractivity contribution in [3.8, 4) is 0 Å². The molecule has 0 radical (unpaired) electrons. The molecule has 0 spiro atoms. The largest absolute Gasteiger partial charge is 0.352 e. The first-order valence-corrected chi connectivity index (χ1v) is 8.31. The predicted octanol–water partition coefficient (Wildman–Crippen LogP) is 2.22. The number of nitrogens with one attached hydrogen (secondary N) is 1. The number of sulfonamides is 1. The molecule has 0 aromatic heterocycles. The van der Waals surface area contributed by atoms with Gasteiger partial charge in [-0.3, -0.25) is 4.79 Å². The van der Waals surface area contributed by atoms with Crippen LogP contribution in [-0.2, 0) is 10.0 Å². The molecule has 3 N–H and O–H groups in total. The van der Waals surface area contributed by atoms with E-state index in [1.165, 1.54) is 6.07 Å². The number of primary sulfonamides is 1. The Balaban J connectivity index is 2.97. The molecule has 0 saturated heterocycles. The summed E-state index contributed by atoms with van der Waals surface area (Å²) in [6, 6.07) is 2.76. The monoisotopic (exact) mass is 318 g/mol. The van der Waals surface area contributed by atoms with Gasteiger partial charge in [-0.2, -0.15) is 0 Å². The van der Waals surface area contributed by atoms with Crippen LogP contribution in [0.5, 0.6) is 0 Å². The first kappa shape index (κ1) is 16.9. The van der Waals surface area contributed by atoms with Gasteiger partial charge in [0, 0.05) is 12.1 Å². The van der Waals surface area contributed by atoms with E-state index in [9.17, 15) is 13.2 Å². The Labute approximate surface area is 124 Å². The Kier molecular flexibility index (Phi) is 5.98. The van der Waals surface area contributed by atoms with Crippen LogP contribution in [0, 0.1) is 6.92 Å². The highest BCUT2D eigenvalue weighted by Crippen LogP contribution is 2.25. The molecule has 0 atom stereocenters. The molecule has 0 heterocycles. The predicted molar refractivity (Wildman–Crippen MR) is 79.4 cm³/mol. The van der Waals surface area contributed by atoms with Crippen molar-refractivity contribution in [2.45, 2.75) is 38.0 Å². The Hall–Kier alpha value is -1.11. The van der Waals surface area contributed by atoms with Crippen LogP contribution in [0.4, 0.5) is 0 Å². The third kappa shape index (κ3) is 4.47. The van der Waals surface area contributed by atoms with Crippen LogP contribution in [-0.4, -0.2) is 20.9 Å². The van der Waals surface area contributed by atoms with Gasteiger partial charge in [0.25, 0.3) is 5.91 Å². The fourth-order valence-corrected chi connectivity index (χ4v) is 2.89. The van der Waals surface area contributed by atoms with Crippen molar-refractivity contribution >= 4 is 27.5 Å². The fourth-order valence-electron chi connectivity index (χ4n) is 1.75. The quantitative estimate of drug-likeness (QED) is 0.788. The molecule has 1 aromatic rings. The number of halogens is 1. The van der Waals surface area contributed by atoms with Crippen LogP contribution in [0.25, 0.3) is 0 Å². The molecule has 0 fully saturated rings. The molecule has 0 bridgehead atoms. The first-order valence-electron chi connectivity index (χ1n) is 6.38. The second kappa shape index (κ2) is 7.06. The zero-order valence-corrected chi connectivity index (χ0v) is 13.1. The van der Waals surface area contributed by atoms with Crippen molar-refractivity contribution in [1.82, 2.24) is 5.32 Å². The lowest BCUT2D eigenvalue weighted by molar-refractivity contribution is 0.0952. The number of hydrogen-bond donors (Lipinski definition) is 2. The van der Waals surface area contributed by atoms with E-state index in [1.807, 2.05) is 0 Å². The number of rotatable bonds is 6. The SMILES string of the molecule is CCCCCNC(=O)c1cc(C)c(Cl)c(S(N)(=O)=O)c1. The van der Waals surface area contributed by atoms with Crippen LogP contribution in [0.1, 0.15) is 42.1 Å². The number of unbranched alkanes of at least 4 members (excludes halogenated alkanes) is 2. The number of carbonyl (C=O) groups excluding carboxylic acids is 1. The first-order chi connectivity index (χ1) is 9.27. The van der Waals surface area contributed by atoms with E-state index in [4.69, 9.17) is 16.7 Å². The van der Waals surface area contributed by atoms with Crippen LogP contribution < -0.4 is 10.5 Å². The van der Waals surface area contributed by atoms with Crippen molar-refractivity contribution in [1.29, 1.82) is 0 Å². The molecule has 1 rings (SSSR count). The number of hydrogen-bond acceptors (Lipinski definition) is 3. The number of benzene rings is 1. The van der Waals surface area contributed by atoms with Crippen LogP contribution >= 0.6 is 11.6 Å². The zero-order valence-electron chi connectivity index (χ0n) is 11.6. The number of carbonyl (C=O) groups is 1. The standard InChI is InChI=1S/C13H19ClN2O3S/c1-3-4-5-6-16-13(17)10-7-9(2)12(14)11(8-10)20(15,18)19/h7-8H,3-6H2,1-2H3,(H,16,17)(H2,15,18,19). The average molecular weight is 319 g/mol. The summed E-state index contributed by atoms with van der Waals surface area (Å²) in [5, 5.41) is 7.88. The van der Waals surface area contributed by atoms with E-state index in [0.717, 1.165) is 19.3 Å². The summed E-state index contributed by atoms with van der Waals surface area (Å²) < 4.78 is 22.9. The van der Waals surface area contributed by atoms with E-state index in [0.29, 0.717) is 12.1 Å². The summed E-state index contributed by atoms with van der Waals surface area (Å²) in [4.78, 5) is 11.7. The molecule has 20 heavy (non-hydrogen) atoms. The van der Waals surface area contributed by atoms with Gasteiger partial charge in [0.05, 0.1) is 5.02 Å². The smallest absolute Gasteiger partial charge is 0.251 e. The molecule has 5 nitrogen and oxygen atoms in total. The third-order valence-electron chi connectivity index (χ3n) is 2.86. The summed E-state index contributed by atoms with van der Waals surface area (Å²) in [6.45, 7) is 4.26. The van der Waals surface area contributed by atoms with Gasteiger partial charge in [-0.25, -0.2) is 13.6 Å². The highest BCUT2D eigenvalue weighted by atomic mass is 35.5. The lowest BCUT2D eigenvalue weighted by atomic mass is 10.1. The molecular weight excluding hydrogens is 300 g/mol. The Morgan fingerprint density at radius 2 is 2.00 bits per heavy atom. The molecule has 0 aliphatic heterocycles. The minimum atomic E-state index is -3.95. The van der Waals surface area contributed by atoms with E-state index < -0.39 is 10.0 Å². The molecule has 1 amide bonds. The summed E-state index contributed by atoms with van der Waals surface area (Å²) in [7, 11) is -3.95. The van der Waals surface area contributed by atoms with Gasteiger partial charge < -0.3 is 5.32 Å². The second-order valence-corrected chi connectivity index (χ2v) is 6.52. The topological polar surface area (TPSA) is 89.3 Å². The van der Waals surface area contributed by atoms with Gasteiger partial charge in [-0.05, 0) is 31.0 Å². The maximum Gasteiger partial charge on any atom is 0.251 e. The van der Waals surface area contributed by atoms with Crippen molar-refractivity contribution < 1.29 is 13.2 Å². The Morgan fingerprint density at radius 1 is 1.35 bits per heavy atom. The minimum Gasteiger partial charge on any atom is -0.352 e. The molecule has 112 valence electrons. The van der Waals surface area contributed by atoms with Crippen molar-refractivity contribution in [3.05, 3.63) is 28.3 Å². The van der Waals surface area contributed by atoms with Gasteiger partial charge in [0.15, 0.2) is 0 Å². The summed E-state index contributed by atoms with van der Waals surface area (Å²) in [5.41, 5.74) is 0.740. The van der Waals surface area contributed by atoms with Crippen LogP contribution in [0.3, 0.4) is 0 Å². The van der Waals surface area contributed by atoms with E-state index in [2.05, 4.69) is 12.2 Å². The third-order valence-corrected chi connectivity index (χ3v) is 4.40. The summed E-state index contributed by atoms with van der Waals surface area (Å²) >= 11 is 5.91. The lowest BCUT2D eigenvalue weighted by Gasteiger charge is -2.10. The number of amides is 1. The van der Waals surface area contributed by atoms with Crippen molar-refractivity contribution in [2.24, 2.45) is 5.14 Å². The van der Waals surface area contributed by atoms with E-state index in [-0.39, 0.29) is 21.4 Å².